The molecule has 1 aliphatic rings. The van der Waals surface area contributed by atoms with Gasteiger partial charge in [-0.1, -0.05) is 36.4 Å². The summed E-state index contributed by atoms with van der Waals surface area (Å²) < 4.78 is 34.8. The van der Waals surface area contributed by atoms with Gasteiger partial charge >= 0.3 is 0 Å². The van der Waals surface area contributed by atoms with Gasteiger partial charge in [0.05, 0.1) is 7.11 Å². The molecular weight excluding hydrogens is 420 g/mol. The molecule has 0 aliphatic carbocycles. The number of pyridine rings is 1. The van der Waals surface area contributed by atoms with E-state index in [9.17, 15) is 8.78 Å². The van der Waals surface area contributed by atoms with Crippen molar-refractivity contribution in [1.29, 1.82) is 0 Å². The summed E-state index contributed by atoms with van der Waals surface area (Å²) in [6.45, 7) is 1.95. The Morgan fingerprint density at radius 2 is 1.58 bits per heavy atom. The summed E-state index contributed by atoms with van der Waals surface area (Å²) in [5.41, 5.74) is 9.66. The molecule has 2 N–H and O–H groups in total. The molecule has 0 fully saturated rings. The molecular formula is C27H21F2N3O. The lowest BCUT2D eigenvalue weighted by Crippen LogP contribution is -2.26. The molecule has 0 saturated carbocycles. The Morgan fingerprint density at radius 1 is 0.848 bits per heavy atom. The molecule has 0 amide bonds. The first kappa shape index (κ1) is 20.8. The van der Waals surface area contributed by atoms with Gasteiger partial charge in [-0.3, -0.25) is 0 Å². The zero-order valence-electron chi connectivity index (χ0n) is 18.1. The van der Waals surface area contributed by atoms with E-state index in [1.165, 1.54) is 18.3 Å². The highest BCUT2D eigenvalue weighted by atomic mass is 19.1. The maximum absolute atomic E-state index is 14.9. The van der Waals surface area contributed by atoms with Gasteiger partial charge < -0.3 is 10.5 Å². The van der Waals surface area contributed by atoms with E-state index in [2.05, 4.69) is 4.98 Å². The number of methoxy groups -OCH3 is 1. The topological polar surface area (TPSA) is 60.5 Å². The summed E-state index contributed by atoms with van der Waals surface area (Å²) >= 11 is 0. The minimum absolute atomic E-state index is 0.0844. The van der Waals surface area contributed by atoms with Gasteiger partial charge in [-0.05, 0) is 65.6 Å². The van der Waals surface area contributed by atoms with Crippen LogP contribution >= 0.6 is 0 Å². The van der Waals surface area contributed by atoms with Crippen molar-refractivity contribution in [3.8, 4) is 16.9 Å². The van der Waals surface area contributed by atoms with E-state index < -0.39 is 17.3 Å². The minimum Gasteiger partial charge on any atom is -0.496 e. The van der Waals surface area contributed by atoms with Gasteiger partial charge in [0, 0.05) is 22.9 Å². The van der Waals surface area contributed by atoms with Gasteiger partial charge in [-0.15, -0.1) is 0 Å². The Hall–Kier alpha value is -4.06. The Kier molecular flexibility index (Phi) is 4.93. The van der Waals surface area contributed by atoms with E-state index in [4.69, 9.17) is 15.5 Å². The predicted octanol–water partition coefficient (Wildman–Crippen LogP) is 5.35. The molecule has 1 aromatic heterocycles. The maximum Gasteiger partial charge on any atom is 0.220 e. The number of ether oxygens (including phenoxy) is 1. The Balaban J connectivity index is 1.82. The third-order valence-electron chi connectivity index (χ3n) is 6.13. The summed E-state index contributed by atoms with van der Waals surface area (Å²) in [7, 11) is 1.62. The van der Waals surface area contributed by atoms with E-state index in [1.807, 2.05) is 49.4 Å². The number of hydrogen-bond acceptors (Lipinski definition) is 4. The lowest BCUT2D eigenvalue weighted by atomic mass is 9.76. The van der Waals surface area contributed by atoms with Crippen LogP contribution in [0.15, 0.2) is 84.0 Å². The summed E-state index contributed by atoms with van der Waals surface area (Å²) in [6.07, 6.45) is 1.33. The smallest absolute Gasteiger partial charge is 0.220 e. The van der Waals surface area contributed by atoms with Gasteiger partial charge in [-0.2, -0.15) is 4.39 Å². The van der Waals surface area contributed by atoms with Gasteiger partial charge in [0.2, 0.25) is 5.95 Å². The van der Waals surface area contributed by atoms with Crippen LogP contribution in [-0.4, -0.2) is 17.9 Å². The van der Waals surface area contributed by atoms with Crippen molar-refractivity contribution in [2.45, 2.75) is 12.5 Å². The fraction of sp³-hybridized carbons (Fsp3) is 0.111. The summed E-state index contributed by atoms with van der Waals surface area (Å²) in [4.78, 5) is 8.62. The van der Waals surface area contributed by atoms with E-state index in [1.54, 1.807) is 25.3 Å². The van der Waals surface area contributed by atoms with Gasteiger partial charge in [0.15, 0.2) is 0 Å². The second-order valence-electron chi connectivity index (χ2n) is 7.97. The minimum atomic E-state index is -1.03. The number of aromatic nitrogens is 1. The SMILES string of the molecule is COc1ccc(C2(c3ccc(F)c(-c4cccnc4F)c3)N=C(N)c3ccccc32)cc1C. The van der Waals surface area contributed by atoms with Crippen LogP contribution in [-0.2, 0) is 5.54 Å². The third kappa shape index (κ3) is 3.18. The summed E-state index contributed by atoms with van der Waals surface area (Å²) in [5, 5.41) is 0. The number of fused-ring (bicyclic) bond motifs is 1. The van der Waals surface area contributed by atoms with Crippen LogP contribution in [0.2, 0.25) is 0 Å². The van der Waals surface area contributed by atoms with Crippen LogP contribution < -0.4 is 10.5 Å². The fourth-order valence-electron chi connectivity index (χ4n) is 4.58. The normalized spacial score (nSPS) is 16.9. The molecule has 164 valence electrons. The monoisotopic (exact) mass is 441 g/mol. The molecule has 0 bridgehead atoms. The van der Waals surface area contributed by atoms with Gasteiger partial charge in [0.25, 0.3) is 0 Å². The van der Waals surface area contributed by atoms with Crippen molar-refractivity contribution in [2.24, 2.45) is 10.7 Å². The van der Waals surface area contributed by atoms with Crippen molar-refractivity contribution in [3.63, 3.8) is 0 Å². The van der Waals surface area contributed by atoms with Crippen LogP contribution in [0.3, 0.4) is 0 Å². The van der Waals surface area contributed by atoms with E-state index in [0.717, 1.165) is 28.0 Å². The molecule has 1 unspecified atom stereocenters. The Labute approximate surface area is 190 Å². The standard InChI is InChI=1S/C27H21F2N3O/c1-16-14-17(10-12-24(16)33-2)27(22-8-4-3-6-20(22)26(30)32-27)18-9-11-23(28)21(15-18)19-7-5-13-31-25(19)29/h3-15H,1-2H3,(H2,30,32). The van der Waals surface area contributed by atoms with Crippen molar-refractivity contribution in [2.75, 3.05) is 7.11 Å². The second-order valence-corrected chi connectivity index (χ2v) is 7.97. The molecule has 33 heavy (non-hydrogen) atoms. The highest BCUT2D eigenvalue weighted by Crippen LogP contribution is 2.47. The third-order valence-corrected chi connectivity index (χ3v) is 6.13. The second kappa shape index (κ2) is 7.81. The highest BCUT2D eigenvalue weighted by Gasteiger charge is 2.43. The number of aryl methyl sites for hydroxylation is 1. The van der Waals surface area contributed by atoms with E-state index in [0.29, 0.717) is 11.4 Å². The molecule has 4 nitrogen and oxygen atoms in total. The zero-order chi connectivity index (χ0) is 23.2. The summed E-state index contributed by atoms with van der Waals surface area (Å²) in [6, 6.07) is 21.2. The molecule has 1 atom stereocenters. The highest BCUT2D eigenvalue weighted by molar-refractivity contribution is 6.03. The molecule has 0 spiro atoms. The van der Waals surface area contributed by atoms with Crippen molar-refractivity contribution >= 4 is 5.84 Å². The maximum atomic E-state index is 14.9. The number of aliphatic imine (C=N–C) groups is 1. The zero-order valence-corrected chi connectivity index (χ0v) is 18.1. The number of rotatable bonds is 4. The van der Waals surface area contributed by atoms with Crippen LogP contribution in [0.25, 0.3) is 11.1 Å². The van der Waals surface area contributed by atoms with E-state index in [-0.39, 0.29) is 11.1 Å². The Morgan fingerprint density at radius 3 is 2.33 bits per heavy atom. The molecule has 5 rings (SSSR count). The first-order valence-electron chi connectivity index (χ1n) is 10.5. The van der Waals surface area contributed by atoms with Gasteiger partial charge in [0.1, 0.15) is 22.9 Å². The molecule has 3 aromatic carbocycles. The largest absolute Gasteiger partial charge is 0.496 e. The van der Waals surface area contributed by atoms with Crippen molar-refractivity contribution in [3.05, 3.63) is 119 Å². The molecule has 0 saturated heterocycles. The molecule has 1 aliphatic heterocycles. The van der Waals surface area contributed by atoms with Crippen LogP contribution in [0.5, 0.6) is 5.75 Å². The van der Waals surface area contributed by atoms with Crippen LogP contribution in [0.4, 0.5) is 8.78 Å². The Bertz CT molecular complexity index is 1420. The lowest BCUT2D eigenvalue weighted by Gasteiger charge is -2.30. The number of amidine groups is 1. The average molecular weight is 441 g/mol. The quantitative estimate of drug-likeness (QED) is 0.434. The van der Waals surface area contributed by atoms with E-state index >= 15 is 0 Å². The molecule has 4 aromatic rings. The number of nitrogens with zero attached hydrogens (tertiary/aromatic N) is 2. The number of benzene rings is 3. The van der Waals surface area contributed by atoms with Gasteiger partial charge in [-0.25, -0.2) is 14.4 Å². The van der Waals surface area contributed by atoms with Crippen molar-refractivity contribution < 1.29 is 13.5 Å². The summed E-state index contributed by atoms with van der Waals surface area (Å²) in [5.74, 6) is -0.153. The number of nitrogens with two attached hydrogens (primary N) is 1. The number of hydrogen-bond donors (Lipinski definition) is 1. The number of halogens is 2. The molecule has 6 heteroatoms. The lowest BCUT2D eigenvalue weighted by molar-refractivity contribution is 0.411. The molecule has 0 radical (unpaired) electrons. The predicted molar refractivity (Wildman–Crippen MR) is 124 cm³/mol. The molecule has 2 heterocycles. The fourth-order valence-corrected chi connectivity index (χ4v) is 4.58. The van der Waals surface area contributed by atoms with Crippen LogP contribution in [0, 0.1) is 18.7 Å². The van der Waals surface area contributed by atoms with Crippen LogP contribution in [0.1, 0.15) is 27.8 Å². The average Bonchev–Trinajstić information content (AvgIpc) is 3.13. The van der Waals surface area contributed by atoms with Crippen molar-refractivity contribution in [1.82, 2.24) is 4.98 Å². The first-order chi connectivity index (χ1) is 16.0. The first-order valence-corrected chi connectivity index (χ1v) is 10.5.